The molecular formula is C15H18N4O2. The number of aliphatic carboxylic acids is 1. The number of anilines is 1. The van der Waals surface area contributed by atoms with E-state index in [-0.39, 0.29) is 6.42 Å². The third-order valence-corrected chi connectivity index (χ3v) is 3.28. The predicted molar refractivity (Wildman–Crippen MR) is 80.3 cm³/mol. The van der Waals surface area contributed by atoms with Gasteiger partial charge in [0.15, 0.2) is 5.82 Å². The van der Waals surface area contributed by atoms with E-state index in [0.29, 0.717) is 18.1 Å². The number of hydrogen-bond donors (Lipinski definition) is 1. The maximum Gasteiger partial charge on any atom is 0.305 e. The van der Waals surface area contributed by atoms with Crippen LogP contribution >= 0.6 is 0 Å². The second kappa shape index (κ2) is 6.30. The van der Waals surface area contributed by atoms with E-state index >= 15 is 0 Å². The van der Waals surface area contributed by atoms with Crippen molar-refractivity contribution in [3.63, 3.8) is 0 Å². The van der Waals surface area contributed by atoms with E-state index in [4.69, 9.17) is 5.11 Å². The van der Waals surface area contributed by atoms with E-state index in [1.165, 1.54) is 0 Å². The summed E-state index contributed by atoms with van der Waals surface area (Å²) in [5.74, 6) is 0.468. The monoisotopic (exact) mass is 286 g/mol. The zero-order valence-electron chi connectivity index (χ0n) is 12.4. The van der Waals surface area contributed by atoms with Gasteiger partial charge < -0.3 is 10.0 Å². The molecule has 0 aromatic carbocycles. The van der Waals surface area contributed by atoms with Gasteiger partial charge in [-0.25, -0.2) is 9.97 Å². The highest BCUT2D eigenvalue weighted by Crippen LogP contribution is 2.22. The molecule has 0 saturated carbocycles. The first-order chi connectivity index (χ1) is 9.99. The Balaban J connectivity index is 2.37. The molecule has 2 aromatic heterocycles. The summed E-state index contributed by atoms with van der Waals surface area (Å²) in [6.45, 7) is 4.25. The third kappa shape index (κ3) is 3.53. The van der Waals surface area contributed by atoms with E-state index in [2.05, 4.69) is 15.0 Å². The van der Waals surface area contributed by atoms with Gasteiger partial charge in [-0.15, -0.1) is 0 Å². The standard InChI is InChI=1S/C15H18N4O2/c1-10-11(2)17-14(12-6-4-5-8-16-12)18-15(10)19(3)9-7-13(20)21/h4-6,8H,7,9H2,1-3H3,(H,20,21). The number of aromatic nitrogens is 3. The smallest absolute Gasteiger partial charge is 0.305 e. The molecule has 6 nitrogen and oxygen atoms in total. The molecule has 0 fully saturated rings. The average molecular weight is 286 g/mol. The Morgan fingerprint density at radius 2 is 2.05 bits per heavy atom. The van der Waals surface area contributed by atoms with Gasteiger partial charge in [0.2, 0.25) is 0 Å². The molecule has 2 rings (SSSR count). The molecule has 0 bridgehead atoms. The molecule has 2 heterocycles. The molecule has 0 amide bonds. The second-order valence-corrected chi connectivity index (χ2v) is 4.86. The van der Waals surface area contributed by atoms with Crippen LogP contribution in [-0.2, 0) is 4.79 Å². The molecule has 2 aromatic rings. The number of rotatable bonds is 5. The highest BCUT2D eigenvalue weighted by molar-refractivity contribution is 5.67. The number of aryl methyl sites for hydroxylation is 1. The third-order valence-electron chi connectivity index (χ3n) is 3.28. The van der Waals surface area contributed by atoms with Crippen LogP contribution in [0.15, 0.2) is 24.4 Å². The minimum Gasteiger partial charge on any atom is -0.481 e. The van der Waals surface area contributed by atoms with Crippen molar-refractivity contribution in [2.75, 3.05) is 18.5 Å². The van der Waals surface area contributed by atoms with Gasteiger partial charge in [0, 0.05) is 31.0 Å². The lowest BCUT2D eigenvalue weighted by atomic mass is 10.2. The molecule has 0 atom stereocenters. The predicted octanol–water partition coefficient (Wildman–Crippen LogP) is 2.07. The molecule has 21 heavy (non-hydrogen) atoms. The fraction of sp³-hybridized carbons (Fsp3) is 0.333. The van der Waals surface area contributed by atoms with Gasteiger partial charge >= 0.3 is 5.97 Å². The first-order valence-electron chi connectivity index (χ1n) is 6.68. The first-order valence-corrected chi connectivity index (χ1v) is 6.68. The Morgan fingerprint density at radius 3 is 2.67 bits per heavy atom. The normalized spacial score (nSPS) is 10.4. The summed E-state index contributed by atoms with van der Waals surface area (Å²) in [6, 6.07) is 5.57. The Kier molecular flexibility index (Phi) is 4.47. The molecule has 0 radical (unpaired) electrons. The summed E-state index contributed by atoms with van der Waals surface area (Å²) in [5.41, 5.74) is 2.51. The summed E-state index contributed by atoms with van der Waals surface area (Å²) in [5, 5.41) is 8.80. The van der Waals surface area contributed by atoms with Crippen LogP contribution in [0.5, 0.6) is 0 Å². The van der Waals surface area contributed by atoms with Crippen LogP contribution in [0.1, 0.15) is 17.7 Å². The molecule has 1 N–H and O–H groups in total. The lowest BCUT2D eigenvalue weighted by Crippen LogP contribution is -2.23. The molecule has 0 aliphatic heterocycles. The summed E-state index contributed by atoms with van der Waals surface area (Å²) in [6.07, 6.45) is 1.76. The summed E-state index contributed by atoms with van der Waals surface area (Å²) in [4.78, 5) is 25.8. The van der Waals surface area contributed by atoms with Crippen LogP contribution in [0.25, 0.3) is 11.5 Å². The number of carboxylic acids is 1. The molecule has 6 heteroatoms. The van der Waals surface area contributed by atoms with Gasteiger partial charge in [0.05, 0.1) is 6.42 Å². The number of hydrogen-bond acceptors (Lipinski definition) is 5. The molecule has 0 aliphatic carbocycles. The van der Waals surface area contributed by atoms with E-state index < -0.39 is 5.97 Å². The molecule has 0 spiro atoms. The first kappa shape index (κ1) is 14.9. The minimum absolute atomic E-state index is 0.0674. The van der Waals surface area contributed by atoms with Crippen molar-refractivity contribution >= 4 is 11.8 Å². The van der Waals surface area contributed by atoms with Crippen molar-refractivity contribution in [1.82, 2.24) is 15.0 Å². The van der Waals surface area contributed by atoms with Gasteiger partial charge in [-0.1, -0.05) is 6.07 Å². The zero-order chi connectivity index (χ0) is 15.4. The number of carboxylic acid groups (broad SMARTS) is 1. The maximum atomic E-state index is 10.7. The number of nitrogens with zero attached hydrogens (tertiary/aromatic N) is 4. The van der Waals surface area contributed by atoms with Crippen molar-refractivity contribution in [2.45, 2.75) is 20.3 Å². The summed E-state index contributed by atoms with van der Waals surface area (Å²) < 4.78 is 0. The van der Waals surface area contributed by atoms with Crippen LogP contribution in [0.4, 0.5) is 5.82 Å². The Hall–Kier alpha value is -2.50. The van der Waals surface area contributed by atoms with Crippen molar-refractivity contribution in [3.05, 3.63) is 35.7 Å². The quantitative estimate of drug-likeness (QED) is 0.906. The van der Waals surface area contributed by atoms with Crippen molar-refractivity contribution < 1.29 is 9.90 Å². The molecule has 0 aliphatic rings. The average Bonchev–Trinajstić information content (AvgIpc) is 2.48. The fourth-order valence-corrected chi connectivity index (χ4v) is 1.96. The molecular weight excluding hydrogens is 268 g/mol. The number of carbonyl (C=O) groups is 1. The van der Waals surface area contributed by atoms with Crippen LogP contribution in [0, 0.1) is 13.8 Å². The van der Waals surface area contributed by atoms with Gasteiger partial charge in [-0.2, -0.15) is 0 Å². The molecule has 0 saturated heterocycles. The van der Waals surface area contributed by atoms with Crippen LogP contribution < -0.4 is 4.90 Å². The van der Waals surface area contributed by atoms with E-state index in [1.54, 1.807) is 6.20 Å². The van der Waals surface area contributed by atoms with Gasteiger partial charge in [-0.05, 0) is 26.0 Å². The maximum absolute atomic E-state index is 10.7. The lowest BCUT2D eigenvalue weighted by Gasteiger charge is -2.20. The van der Waals surface area contributed by atoms with E-state index in [9.17, 15) is 4.79 Å². The Labute approximate surface area is 123 Å². The number of pyridine rings is 1. The second-order valence-electron chi connectivity index (χ2n) is 4.86. The molecule has 110 valence electrons. The minimum atomic E-state index is -0.824. The van der Waals surface area contributed by atoms with Gasteiger partial charge in [0.1, 0.15) is 11.5 Å². The highest BCUT2D eigenvalue weighted by Gasteiger charge is 2.14. The van der Waals surface area contributed by atoms with Crippen LogP contribution in [-0.4, -0.2) is 39.6 Å². The summed E-state index contributed by atoms with van der Waals surface area (Å²) in [7, 11) is 1.83. The van der Waals surface area contributed by atoms with Crippen LogP contribution in [0.2, 0.25) is 0 Å². The summed E-state index contributed by atoms with van der Waals surface area (Å²) >= 11 is 0. The van der Waals surface area contributed by atoms with E-state index in [1.807, 2.05) is 44.0 Å². The van der Waals surface area contributed by atoms with Gasteiger partial charge in [-0.3, -0.25) is 9.78 Å². The topological polar surface area (TPSA) is 79.2 Å². The zero-order valence-corrected chi connectivity index (χ0v) is 12.4. The van der Waals surface area contributed by atoms with Crippen molar-refractivity contribution in [3.8, 4) is 11.5 Å². The van der Waals surface area contributed by atoms with Gasteiger partial charge in [0.25, 0.3) is 0 Å². The highest BCUT2D eigenvalue weighted by atomic mass is 16.4. The van der Waals surface area contributed by atoms with Crippen molar-refractivity contribution in [2.24, 2.45) is 0 Å². The van der Waals surface area contributed by atoms with Crippen molar-refractivity contribution in [1.29, 1.82) is 0 Å². The SMILES string of the molecule is Cc1nc(-c2ccccn2)nc(N(C)CCC(=O)O)c1C. The molecule has 0 unspecified atom stereocenters. The Bertz CT molecular complexity index is 644. The van der Waals surface area contributed by atoms with E-state index in [0.717, 1.165) is 17.1 Å². The fourth-order valence-electron chi connectivity index (χ4n) is 1.96. The lowest BCUT2D eigenvalue weighted by molar-refractivity contribution is -0.136. The largest absolute Gasteiger partial charge is 0.481 e. The van der Waals surface area contributed by atoms with Crippen LogP contribution in [0.3, 0.4) is 0 Å². The Morgan fingerprint density at radius 1 is 1.29 bits per heavy atom.